The van der Waals surface area contributed by atoms with Crippen LogP contribution in [-0.4, -0.2) is 22.9 Å². The van der Waals surface area contributed by atoms with E-state index in [1.807, 2.05) is 6.92 Å². The van der Waals surface area contributed by atoms with Crippen LogP contribution in [0, 0.1) is 0 Å². The Balaban J connectivity index is 1.93. The number of phosphoric ester groups is 1. The molecule has 184 valence electrons. The van der Waals surface area contributed by atoms with Crippen LogP contribution in [0.15, 0.2) is 51.9 Å². The molecule has 0 atom stereocenters. The minimum atomic E-state index is -3.96. The highest BCUT2D eigenvalue weighted by molar-refractivity contribution is 7.49. The first-order chi connectivity index (χ1) is 15.7. The predicted octanol–water partition coefficient (Wildman–Crippen LogP) is 6.68. The second-order valence-electron chi connectivity index (χ2n) is 9.70. The van der Waals surface area contributed by atoms with Crippen LogP contribution in [-0.2, 0) is 13.6 Å². The van der Waals surface area contributed by atoms with Crippen molar-refractivity contribution < 1.29 is 32.4 Å². The maximum atomic E-state index is 13.3. The molecule has 0 spiro atoms. The minimum absolute atomic E-state index is 0.0583. The Hall–Kier alpha value is -2.80. The summed E-state index contributed by atoms with van der Waals surface area (Å²) in [5.41, 5.74) is -0.938. The molecule has 1 aromatic heterocycles. The van der Waals surface area contributed by atoms with Crippen molar-refractivity contribution in [3.8, 4) is 28.4 Å². The zero-order chi connectivity index (χ0) is 25.3. The number of phenols is 1. The second-order valence-corrected chi connectivity index (χ2v) is 11.1. The fourth-order valence-electron chi connectivity index (χ4n) is 3.21. The number of ether oxygens (including phenoxy) is 1. The van der Waals surface area contributed by atoms with Crippen molar-refractivity contribution in [3.05, 3.63) is 52.9 Å². The molecule has 0 saturated heterocycles. The van der Waals surface area contributed by atoms with E-state index < -0.39 is 24.5 Å². The van der Waals surface area contributed by atoms with Crippen LogP contribution in [0.25, 0.3) is 22.1 Å². The van der Waals surface area contributed by atoms with Gasteiger partial charge in [0.15, 0.2) is 0 Å². The van der Waals surface area contributed by atoms with E-state index in [0.717, 1.165) is 0 Å². The van der Waals surface area contributed by atoms with Crippen molar-refractivity contribution in [1.29, 1.82) is 0 Å². The van der Waals surface area contributed by atoms with Crippen LogP contribution in [0.5, 0.6) is 17.2 Å². The van der Waals surface area contributed by atoms with Crippen LogP contribution in [0.2, 0.25) is 0 Å². The number of hydrogen-bond acceptors (Lipinski definition) is 8. The number of fused-ring (bicyclic) bond motifs is 1. The van der Waals surface area contributed by atoms with Crippen molar-refractivity contribution >= 4 is 18.8 Å². The van der Waals surface area contributed by atoms with Crippen molar-refractivity contribution in [2.24, 2.45) is 0 Å². The van der Waals surface area contributed by atoms with Crippen molar-refractivity contribution in [2.45, 2.75) is 59.7 Å². The fraction of sp³-hybridized carbons (Fsp3) is 0.400. The molecule has 34 heavy (non-hydrogen) atoms. The van der Waals surface area contributed by atoms with E-state index in [9.17, 15) is 14.5 Å². The molecular weight excluding hydrogens is 459 g/mol. The number of aromatic hydroxyl groups is 1. The Morgan fingerprint density at radius 3 is 2.06 bits per heavy atom. The molecule has 0 unspecified atom stereocenters. The number of rotatable bonds is 7. The van der Waals surface area contributed by atoms with Crippen molar-refractivity contribution in [1.82, 2.24) is 0 Å². The maximum Gasteiger partial charge on any atom is 0.531 e. The summed E-state index contributed by atoms with van der Waals surface area (Å²) in [7, 11) is -3.96. The zero-order valence-corrected chi connectivity index (χ0v) is 21.4. The molecule has 0 radical (unpaired) electrons. The molecule has 3 aromatic rings. The number of benzene rings is 2. The molecule has 1 heterocycles. The molecule has 1 N–H and O–H groups in total. The van der Waals surface area contributed by atoms with Crippen molar-refractivity contribution in [2.75, 3.05) is 6.61 Å². The van der Waals surface area contributed by atoms with Gasteiger partial charge in [-0.05, 0) is 66.2 Å². The average Bonchev–Trinajstić information content (AvgIpc) is 2.65. The highest BCUT2D eigenvalue weighted by atomic mass is 31.2. The molecule has 8 nitrogen and oxygen atoms in total. The molecule has 0 aliphatic rings. The molecule has 9 heteroatoms. The van der Waals surface area contributed by atoms with Crippen LogP contribution in [0.1, 0.15) is 48.5 Å². The second kappa shape index (κ2) is 9.45. The normalized spacial score (nSPS) is 12.7. The van der Waals surface area contributed by atoms with Gasteiger partial charge in [-0.2, -0.15) is 0 Å². The highest BCUT2D eigenvalue weighted by Gasteiger charge is 2.38. The van der Waals surface area contributed by atoms with Gasteiger partial charge in [0.2, 0.25) is 5.43 Å². The van der Waals surface area contributed by atoms with Gasteiger partial charge in [-0.3, -0.25) is 13.8 Å². The zero-order valence-electron chi connectivity index (χ0n) is 20.5. The monoisotopic (exact) mass is 490 g/mol. The van der Waals surface area contributed by atoms with Crippen LogP contribution in [0.4, 0.5) is 0 Å². The Morgan fingerprint density at radius 2 is 1.53 bits per heavy atom. The van der Waals surface area contributed by atoms with Gasteiger partial charge in [0.25, 0.3) is 0 Å². The highest BCUT2D eigenvalue weighted by Crippen LogP contribution is 2.55. The lowest BCUT2D eigenvalue weighted by molar-refractivity contribution is 0.0224. The predicted molar refractivity (Wildman–Crippen MR) is 131 cm³/mol. The van der Waals surface area contributed by atoms with Gasteiger partial charge >= 0.3 is 7.82 Å². The first kappa shape index (κ1) is 25.8. The topological polar surface area (TPSA) is 104 Å². The molecule has 0 aliphatic heterocycles. The molecule has 0 saturated carbocycles. The largest absolute Gasteiger partial charge is 0.531 e. The van der Waals surface area contributed by atoms with Crippen LogP contribution in [0.3, 0.4) is 0 Å². The SMILES string of the molecule is CCOc1cc(O)c2c(=O)c(-c3ccc(OP(=O)(OC(C)(C)C)OC(C)(C)C)cc3)coc2c1. The number of hydrogen-bond donors (Lipinski definition) is 1. The summed E-state index contributed by atoms with van der Waals surface area (Å²) < 4.78 is 41.2. The van der Waals surface area contributed by atoms with E-state index in [4.69, 9.17) is 22.7 Å². The van der Waals surface area contributed by atoms with E-state index >= 15 is 0 Å². The minimum Gasteiger partial charge on any atom is -0.507 e. The van der Waals surface area contributed by atoms with Crippen molar-refractivity contribution in [3.63, 3.8) is 0 Å². The van der Waals surface area contributed by atoms with Crippen LogP contribution < -0.4 is 14.7 Å². The van der Waals surface area contributed by atoms with Gasteiger partial charge in [-0.1, -0.05) is 12.1 Å². The van der Waals surface area contributed by atoms with Crippen LogP contribution >= 0.6 is 7.82 Å². The van der Waals surface area contributed by atoms with Gasteiger partial charge in [-0.15, -0.1) is 0 Å². The fourth-order valence-corrected chi connectivity index (χ4v) is 5.04. The summed E-state index contributed by atoms with van der Waals surface area (Å²) >= 11 is 0. The molecular formula is C25H31O8P. The smallest absolute Gasteiger partial charge is 0.507 e. The Morgan fingerprint density at radius 1 is 0.941 bits per heavy atom. The van der Waals surface area contributed by atoms with Gasteiger partial charge in [0, 0.05) is 12.1 Å². The van der Waals surface area contributed by atoms with Gasteiger partial charge < -0.3 is 18.8 Å². The van der Waals surface area contributed by atoms with E-state index in [0.29, 0.717) is 17.9 Å². The summed E-state index contributed by atoms with van der Waals surface area (Å²) in [6.07, 6.45) is 1.33. The standard InChI is InChI=1S/C25H31O8P/c1-8-29-18-13-20(26)22-21(14-18)30-15-19(23(22)27)16-9-11-17(12-10-16)31-34(28,32-24(2,3)4)33-25(5,6)7/h9-15,26H,8H2,1-7H3. The lowest BCUT2D eigenvalue weighted by Crippen LogP contribution is -2.25. The Kier molecular flexibility index (Phi) is 7.18. The van der Waals surface area contributed by atoms with E-state index in [2.05, 4.69) is 0 Å². The van der Waals surface area contributed by atoms with E-state index in [1.54, 1.807) is 71.9 Å². The Bertz CT molecular complexity index is 1240. The lowest BCUT2D eigenvalue weighted by atomic mass is 10.0. The first-order valence-electron chi connectivity index (χ1n) is 10.9. The number of phosphoric acid groups is 1. The quantitative estimate of drug-likeness (QED) is 0.366. The maximum absolute atomic E-state index is 13.3. The van der Waals surface area contributed by atoms with E-state index in [1.165, 1.54) is 12.3 Å². The third-order valence-corrected chi connectivity index (χ3v) is 6.27. The summed E-state index contributed by atoms with van der Waals surface area (Å²) in [6, 6.07) is 9.30. The molecule has 0 amide bonds. The third kappa shape index (κ3) is 6.41. The van der Waals surface area contributed by atoms with Gasteiger partial charge in [0.1, 0.15) is 34.5 Å². The summed E-state index contributed by atoms with van der Waals surface area (Å²) in [5, 5.41) is 10.4. The summed E-state index contributed by atoms with van der Waals surface area (Å²) in [5.74, 6) is 0.426. The molecule has 0 aliphatic carbocycles. The van der Waals surface area contributed by atoms with Gasteiger partial charge in [0.05, 0.1) is 23.4 Å². The molecule has 0 bridgehead atoms. The molecule has 3 rings (SSSR count). The Labute approximate surface area is 199 Å². The summed E-state index contributed by atoms with van der Waals surface area (Å²) in [6.45, 7) is 12.8. The molecule has 2 aromatic carbocycles. The van der Waals surface area contributed by atoms with E-state index in [-0.39, 0.29) is 28.0 Å². The van der Waals surface area contributed by atoms with Gasteiger partial charge in [-0.25, -0.2) is 4.57 Å². The first-order valence-corrected chi connectivity index (χ1v) is 12.4. The number of phenolic OH excluding ortho intramolecular Hbond substituents is 1. The lowest BCUT2D eigenvalue weighted by Gasteiger charge is -2.30. The average molecular weight is 490 g/mol. The third-order valence-electron chi connectivity index (χ3n) is 4.30. The molecule has 0 fully saturated rings. The summed E-state index contributed by atoms with van der Waals surface area (Å²) in [4.78, 5) is 13.1.